The number of rotatable bonds is 3. The molecule has 3 nitrogen and oxygen atoms in total. The lowest BCUT2D eigenvalue weighted by Crippen LogP contribution is -2.28. The molecular formula is C15H14BrF2N3. The predicted molar refractivity (Wildman–Crippen MR) is 81.0 cm³/mol. The van der Waals surface area contributed by atoms with Gasteiger partial charge in [-0.05, 0) is 24.6 Å². The molecule has 0 aliphatic carbocycles. The normalized spacial score (nSPS) is 17.2. The highest BCUT2D eigenvalue weighted by molar-refractivity contribution is 9.10. The van der Waals surface area contributed by atoms with E-state index in [1.54, 1.807) is 12.3 Å². The Hall–Kier alpha value is -1.53. The van der Waals surface area contributed by atoms with Crippen molar-refractivity contribution in [2.45, 2.75) is 19.0 Å². The van der Waals surface area contributed by atoms with Crippen LogP contribution in [-0.2, 0) is 6.54 Å². The van der Waals surface area contributed by atoms with E-state index in [-0.39, 0.29) is 12.6 Å². The van der Waals surface area contributed by atoms with Crippen molar-refractivity contribution in [3.63, 3.8) is 0 Å². The molecule has 1 unspecified atom stereocenters. The van der Waals surface area contributed by atoms with Gasteiger partial charge in [0.05, 0.1) is 0 Å². The van der Waals surface area contributed by atoms with Gasteiger partial charge in [-0.15, -0.1) is 0 Å². The first kappa shape index (κ1) is 14.4. The summed E-state index contributed by atoms with van der Waals surface area (Å²) >= 11 is 3.18. The molecule has 0 radical (unpaired) electrons. The first-order chi connectivity index (χ1) is 10.1. The van der Waals surface area contributed by atoms with Crippen molar-refractivity contribution in [2.24, 2.45) is 0 Å². The van der Waals surface area contributed by atoms with Gasteiger partial charge in [0.2, 0.25) is 0 Å². The van der Waals surface area contributed by atoms with Gasteiger partial charge in [-0.25, -0.2) is 13.8 Å². The maximum absolute atomic E-state index is 13.8. The van der Waals surface area contributed by atoms with Crippen LogP contribution in [0, 0.1) is 11.6 Å². The number of anilines is 1. The van der Waals surface area contributed by atoms with E-state index in [1.165, 1.54) is 0 Å². The zero-order valence-electron chi connectivity index (χ0n) is 11.2. The molecular weight excluding hydrogens is 340 g/mol. The van der Waals surface area contributed by atoms with Crippen molar-refractivity contribution in [3.05, 3.63) is 57.7 Å². The molecule has 1 atom stereocenters. The third kappa shape index (κ3) is 3.06. The minimum absolute atomic E-state index is 0.0800. The molecule has 3 rings (SSSR count). The van der Waals surface area contributed by atoms with Gasteiger partial charge in [-0.3, -0.25) is 0 Å². The van der Waals surface area contributed by atoms with Gasteiger partial charge in [-0.2, -0.15) is 0 Å². The number of nitrogens with one attached hydrogen (secondary N) is 2. The van der Waals surface area contributed by atoms with Crippen molar-refractivity contribution in [1.29, 1.82) is 0 Å². The van der Waals surface area contributed by atoms with Crippen molar-refractivity contribution in [2.75, 3.05) is 11.9 Å². The second-order valence-corrected chi connectivity index (χ2v) is 5.87. The summed E-state index contributed by atoms with van der Waals surface area (Å²) in [5, 5.41) is 6.51. The topological polar surface area (TPSA) is 37.0 Å². The van der Waals surface area contributed by atoms with Crippen molar-refractivity contribution < 1.29 is 8.78 Å². The van der Waals surface area contributed by atoms with E-state index in [4.69, 9.17) is 0 Å². The van der Waals surface area contributed by atoms with Crippen LogP contribution >= 0.6 is 15.9 Å². The first-order valence-corrected chi connectivity index (χ1v) is 7.50. The lowest BCUT2D eigenvalue weighted by Gasteiger charge is -2.26. The van der Waals surface area contributed by atoms with Crippen LogP contribution in [0.2, 0.25) is 0 Å². The van der Waals surface area contributed by atoms with Gasteiger partial charge in [-0.1, -0.05) is 22.0 Å². The quantitative estimate of drug-likeness (QED) is 0.824. The third-order valence-corrected chi connectivity index (χ3v) is 4.00. The number of hydrogen-bond acceptors (Lipinski definition) is 3. The fraction of sp³-hybridized carbons (Fsp3) is 0.267. The number of fused-ring (bicyclic) bond motifs is 1. The highest BCUT2D eigenvalue weighted by atomic mass is 79.9. The molecule has 1 aliphatic rings. The summed E-state index contributed by atoms with van der Waals surface area (Å²) in [4.78, 5) is 4.28. The second-order valence-electron chi connectivity index (χ2n) is 4.95. The molecule has 21 heavy (non-hydrogen) atoms. The second kappa shape index (κ2) is 6.07. The maximum atomic E-state index is 13.8. The Morgan fingerprint density at radius 3 is 3.10 bits per heavy atom. The van der Waals surface area contributed by atoms with E-state index in [0.717, 1.165) is 30.4 Å². The average Bonchev–Trinajstić information content (AvgIpc) is 2.49. The molecule has 0 saturated heterocycles. The fourth-order valence-corrected chi connectivity index (χ4v) is 3.00. The average molecular weight is 354 g/mol. The molecule has 2 N–H and O–H groups in total. The van der Waals surface area contributed by atoms with Crippen molar-refractivity contribution in [1.82, 2.24) is 10.3 Å². The van der Waals surface area contributed by atoms with E-state index in [2.05, 4.69) is 31.5 Å². The van der Waals surface area contributed by atoms with Crippen LogP contribution in [0.25, 0.3) is 0 Å². The minimum Gasteiger partial charge on any atom is -0.370 e. The lowest BCUT2D eigenvalue weighted by atomic mass is 10.0. The summed E-state index contributed by atoms with van der Waals surface area (Å²) in [6.07, 6.45) is 2.61. The van der Waals surface area contributed by atoms with Crippen LogP contribution in [0.1, 0.15) is 23.6 Å². The van der Waals surface area contributed by atoms with Crippen molar-refractivity contribution >= 4 is 21.7 Å². The van der Waals surface area contributed by atoms with Crippen LogP contribution in [0.3, 0.4) is 0 Å². The predicted octanol–water partition coefficient (Wildman–Crippen LogP) is 3.77. The molecule has 1 aromatic carbocycles. The van der Waals surface area contributed by atoms with E-state index < -0.39 is 11.6 Å². The molecule has 2 aromatic rings. The zero-order valence-corrected chi connectivity index (χ0v) is 12.8. The van der Waals surface area contributed by atoms with Crippen molar-refractivity contribution in [3.8, 4) is 0 Å². The molecule has 1 aromatic heterocycles. The Morgan fingerprint density at radius 2 is 2.24 bits per heavy atom. The standard InChI is InChI=1S/C15H14BrF2N3/c16-10-6-9(14(18)12(17)7-10)8-21-13-3-5-20-15-11(13)2-1-4-19-15/h1-2,4,6-7,13,21H,3,5,8H2,(H,19,20). The van der Waals surface area contributed by atoms with Gasteiger partial charge in [0.1, 0.15) is 5.82 Å². The Balaban J connectivity index is 1.78. The summed E-state index contributed by atoms with van der Waals surface area (Å²) in [6, 6.07) is 6.67. The SMILES string of the molecule is Fc1cc(Br)cc(CNC2CCNc3ncccc32)c1F. The molecule has 0 saturated carbocycles. The minimum atomic E-state index is -0.839. The Labute approximate surface area is 129 Å². The summed E-state index contributed by atoms with van der Waals surface area (Å²) in [6.45, 7) is 1.07. The van der Waals surface area contributed by atoms with Crippen LogP contribution in [0.4, 0.5) is 14.6 Å². The van der Waals surface area contributed by atoms with Gasteiger partial charge in [0, 0.05) is 40.9 Å². The van der Waals surface area contributed by atoms with Gasteiger partial charge >= 0.3 is 0 Å². The Kier molecular flexibility index (Phi) is 4.17. The van der Waals surface area contributed by atoms with Gasteiger partial charge in [0.25, 0.3) is 0 Å². The summed E-state index contributed by atoms with van der Waals surface area (Å²) in [7, 11) is 0. The third-order valence-electron chi connectivity index (χ3n) is 3.55. The molecule has 0 spiro atoms. The number of hydrogen-bond donors (Lipinski definition) is 2. The van der Waals surface area contributed by atoms with Crippen LogP contribution in [0.15, 0.2) is 34.9 Å². The lowest BCUT2D eigenvalue weighted by molar-refractivity contribution is 0.465. The molecule has 1 aliphatic heterocycles. The molecule has 0 amide bonds. The van der Waals surface area contributed by atoms with Gasteiger partial charge in [0.15, 0.2) is 11.6 Å². The monoisotopic (exact) mass is 353 g/mol. The highest BCUT2D eigenvalue weighted by Crippen LogP contribution is 2.28. The summed E-state index contributed by atoms with van der Waals surface area (Å²) in [5.41, 5.74) is 1.37. The van der Waals surface area contributed by atoms with E-state index in [1.807, 2.05) is 12.1 Å². The van der Waals surface area contributed by atoms with Gasteiger partial charge < -0.3 is 10.6 Å². The van der Waals surface area contributed by atoms with Crippen LogP contribution < -0.4 is 10.6 Å². The van der Waals surface area contributed by atoms with Crippen LogP contribution in [-0.4, -0.2) is 11.5 Å². The molecule has 110 valence electrons. The number of benzene rings is 1. The summed E-state index contributed by atoms with van der Waals surface area (Å²) in [5.74, 6) is -0.790. The van der Waals surface area contributed by atoms with E-state index in [9.17, 15) is 8.78 Å². The largest absolute Gasteiger partial charge is 0.370 e. The van der Waals surface area contributed by atoms with E-state index >= 15 is 0 Å². The Bertz CT molecular complexity index is 663. The smallest absolute Gasteiger partial charge is 0.163 e. The molecule has 0 fully saturated rings. The molecule has 6 heteroatoms. The number of aromatic nitrogens is 1. The molecule has 0 bridgehead atoms. The van der Waals surface area contributed by atoms with E-state index in [0.29, 0.717) is 10.0 Å². The zero-order chi connectivity index (χ0) is 14.8. The Morgan fingerprint density at radius 1 is 1.38 bits per heavy atom. The number of halogens is 3. The number of pyridine rings is 1. The first-order valence-electron chi connectivity index (χ1n) is 6.71. The maximum Gasteiger partial charge on any atom is 0.163 e. The summed E-state index contributed by atoms with van der Waals surface area (Å²) < 4.78 is 27.7. The van der Waals surface area contributed by atoms with Crippen LogP contribution in [0.5, 0.6) is 0 Å². The fourth-order valence-electron chi connectivity index (χ4n) is 2.52. The highest BCUT2D eigenvalue weighted by Gasteiger charge is 2.20. The number of nitrogens with zero attached hydrogens (tertiary/aromatic N) is 1. The molecule has 2 heterocycles.